The first kappa shape index (κ1) is 18.3. The molecule has 2 aromatic rings. The van der Waals surface area contributed by atoms with Crippen LogP contribution >= 0.6 is 0 Å². The number of likely N-dealkylation sites (N-methyl/N-ethyl adjacent to an activating group) is 1. The van der Waals surface area contributed by atoms with Gasteiger partial charge in [0.15, 0.2) is 0 Å². The summed E-state index contributed by atoms with van der Waals surface area (Å²) in [6, 6.07) is 13.7. The van der Waals surface area contributed by atoms with E-state index in [-0.39, 0.29) is 5.91 Å². The normalized spacial score (nSPS) is 15.0. The van der Waals surface area contributed by atoms with Crippen LogP contribution in [-0.4, -0.2) is 45.7 Å². The summed E-state index contributed by atoms with van der Waals surface area (Å²) in [6.45, 7) is 9.90. The molecule has 1 saturated heterocycles. The van der Waals surface area contributed by atoms with Gasteiger partial charge >= 0.3 is 0 Å². The van der Waals surface area contributed by atoms with E-state index >= 15 is 0 Å². The van der Waals surface area contributed by atoms with Crippen LogP contribution in [0.15, 0.2) is 42.5 Å². The number of piperazine rings is 1. The summed E-state index contributed by atoms with van der Waals surface area (Å²) in [4.78, 5) is 16.7. The van der Waals surface area contributed by atoms with Crippen molar-refractivity contribution < 1.29 is 14.4 Å². The van der Waals surface area contributed by atoms with Crippen molar-refractivity contribution >= 4 is 17.3 Å². The summed E-state index contributed by atoms with van der Waals surface area (Å²) in [5.74, 6) is 0.469. The zero-order chi connectivity index (χ0) is 18.5. The molecule has 0 atom stereocenters. The van der Waals surface area contributed by atoms with Gasteiger partial charge in [-0.25, -0.2) is 0 Å². The molecule has 1 aliphatic heterocycles. The van der Waals surface area contributed by atoms with E-state index < -0.39 is 0 Å². The molecular formula is C21H28N3O2+. The van der Waals surface area contributed by atoms with Crippen molar-refractivity contribution in [1.29, 1.82) is 0 Å². The Balaban J connectivity index is 1.66. The predicted molar refractivity (Wildman–Crippen MR) is 106 cm³/mol. The number of rotatable bonds is 5. The van der Waals surface area contributed by atoms with Gasteiger partial charge < -0.3 is 19.9 Å². The Morgan fingerprint density at radius 1 is 1.15 bits per heavy atom. The number of ether oxygens (including phenoxy) is 1. The first-order valence-electron chi connectivity index (χ1n) is 9.26. The summed E-state index contributed by atoms with van der Waals surface area (Å²) in [5.41, 5.74) is 3.51. The lowest BCUT2D eigenvalue weighted by molar-refractivity contribution is -0.898. The molecule has 3 rings (SSSR count). The minimum Gasteiger partial charge on any atom is -0.496 e. The molecule has 2 aromatic carbocycles. The molecule has 138 valence electrons. The molecule has 5 heteroatoms. The molecule has 0 saturated carbocycles. The maximum Gasteiger partial charge on any atom is 0.259 e. The zero-order valence-electron chi connectivity index (χ0n) is 15.8. The van der Waals surface area contributed by atoms with Crippen molar-refractivity contribution in [2.24, 2.45) is 0 Å². The molecule has 5 nitrogen and oxygen atoms in total. The van der Waals surface area contributed by atoms with Gasteiger partial charge in [0.2, 0.25) is 0 Å². The van der Waals surface area contributed by atoms with Crippen LogP contribution in [0.2, 0.25) is 0 Å². The summed E-state index contributed by atoms with van der Waals surface area (Å²) >= 11 is 0. The van der Waals surface area contributed by atoms with Crippen LogP contribution in [0.25, 0.3) is 0 Å². The molecule has 0 radical (unpaired) electrons. The second-order valence-corrected chi connectivity index (χ2v) is 6.75. The van der Waals surface area contributed by atoms with Gasteiger partial charge in [-0.2, -0.15) is 0 Å². The number of carbonyl (C=O) groups is 1. The topological polar surface area (TPSA) is 46.0 Å². The van der Waals surface area contributed by atoms with Gasteiger partial charge in [0, 0.05) is 11.4 Å². The maximum atomic E-state index is 12.6. The number of carbonyl (C=O) groups excluding carboxylic acids is 1. The first-order valence-corrected chi connectivity index (χ1v) is 9.26. The Labute approximate surface area is 155 Å². The van der Waals surface area contributed by atoms with Gasteiger partial charge in [0.05, 0.1) is 45.4 Å². The molecule has 0 aromatic heterocycles. The number of nitrogens with one attached hydrogen (secondary N) is 2. The van der Waals surface area contributed by atoms with Gasteiger partial charge in [-0.3, -0.25) is 4.79 Å². The molecule has 1 aliphatic rings. The third-order valence-electron chi connectivity index (χ3n) is 5.12. The molecule has 1 heterocycles. The van der Waals surface area contributed by atoms with E-state index in [4.69, 9.17) is 4.74 Å². The van der Waals surface area contributed by atoms with Crippen molar-refractivity contribution in [1.82, 2.24) is 0 Å². The largest absolute Gasteiger partial charge is 0.496 e. The van der Waals surface area contributed by atoms with Crippen molar-refractivity contribution in [2.75, 3.05) is 50.1 Å². The van der Waals surface area contributed by atoms with Gasteiger partial charge in [-0.05, 0) is 49.7 Å². The number of benzene rings is 2. The lowest BCUT2D eigenvalue weighted by Gasteiger charge is -2.33. The van der Waals surface area contributed by atoms with E-state index in [1.165, 1.54) is 25.3 Å². The molecule has 2 N–H and O–H groups in total. The average molecular weight is 354 g/mol. The number of nitrogens with zero attached hydrogens (tertiary/aromatic N) is 1. The average Bonchev–Trinajstić information content (AvgIpc) is 2.68. The molecule has 0 unspecified atom stereocenters. The van der Waals surface area contributed by atoms with E-state index in [1.807, 2.05) is 31.2 Å². The van der Waals surface area contributed by atoms with Gasteiger partial charge in [0.25, 0.3) is 5.91 Å². The Hall–Kier alpha value is -2.53. The number of hydrogen-bond acceptors (Lipinski definition) is 3. The predicted octanol–water partition coefficient (Wildman–Crippen LogP) is 1.98. The first-order chi connectivity index (χ1) is 12.6. The number of quaternary nitrogens is 1. The minimum absolute atomic E-state index is 0.154. The van der Waals surface area contributed by atoms with Crippen LogP contribution in [0.5, 0.6) is 5.75 Å². The molecule has 1 amide bonds. The fourth-order valence-corrected chi connectivity index (χ4v) is 3.49. The second kappa shape index (κ2) is 8.23. The van der Waals surface area contributed by atoms with E-state index in [0.29, 0.717) is 11.3 Å². The van der Waals surface area contributed by atoms with Crippen LogP contribution in [0.1, 0.15) is 22.8 Å². The van der Waals surface area contributed by atoms with E-state index in [9.17, 15) is 4.79 Å². The third-order valence-corrected chi connectivity index (χ3v) is 5.12. The van der Waals surface area contributed by atoms with Crippen molar-refractivity contribution in [2.45, 2.75) is 13.8 Å². The minimum atomic E-state index is -0.154. The molecule has 0 aliphatic carbocycles. The third kappa shape index (κ3) is 3.99. The van der Waals surface area contributed by atoms with E-state index in [2.05, 4.69) is 29.3 Å². The monoisotopic (exact) mass is 354 g/mol. The van der Waals surface area contributed by atoms with Crippen LogP contribution in [0.4, 0.5) is 11.4 Å². The highest BCUT2D eigenvalue weighted by molar-refractivity contribution is 6.06. The van der Waals surface area contributed by atoms with Crippen molar-refractivity contribution in [3.63, 3.8) is 0 Å². The molecule has 0 bridgehead atoms. The maximum absolute atomic E-state index is 12.6. The standard InChI is InChI=1S/C21H27N3O2/c1-4-23-12-14-24(15-13-23)18-10-8-17(9-11-18)22-21(25)19-7-5-6-16(2)20(19)26-3/h5-11H,4,12-15H2,1-3H3,(H,22,25)/p+1. The van der Waals surface area contributed by atoms with Crippen LogP contribution in [0, 0.1) is 6.92 Å². The number of aryl methyl sites for hydroxylation is 1. The fraction of sp³-hybridized carbons (Fsp3) is 0.381. The summed E-state index contributed by atoms with van der Waals surface area (Å²) in [5, 5.41) is 2.96. The van der Waals surface area contributed by atoms with Gasteiger partial charge in [-0.15, -0.1) is 0 Å². The quantitative estimate of drug-likeness (QED) is 0.863. The van der Waals surface area contributed by atoms with Crippen molar-refractivity contribution in [3.8, 4) is 5.75 Å². The highest BCUT2D eigenvalue weighted by Crippen LogP contribution is 2.24. The van der Waals surface area contributed by atoms with Crippen LogP contribution in [0.3, 0.4) is 0 Å². The number of amides is 1. The Morgan fingerprint density at radius 3 is 2.46 bits per heavy atom. The lowest BCUT2D eigenvalue weighted by atomic mass is 10.1. The number of para-hydroxylation sites is 1. The van der Waals surface area contributed by atoms with E-state index in [0.717, 1.165) is 24.3 Å². The molecule has 0 spiro atoms. The van der Waals surface area contributed by atoms with Crippen LogP contribution in [-0.2, 0) is 0 Å². The Morgan fingerprint density at radius 2 is 1.85 bits per heavy atom. The van der Waals surface area contributed by atoms with Crippen LogP contribution < -0.4 is 19.9 Å². The number of hydrogen-bond donors (Lipinski definition) is 2. The van der Waals surface area contributed by atoms with Crippen molar-refractivity contribution in [3.05, 3.63) is 53.6 Å². The molecular weight excluding hydrogens is 326 g/mol. The highest BCUT2D eigenvalue weighted by Gasteiger charge is 2.19. The summed E-state index contributed by atoms with van der Waals surface area (Å²) < 4.78 is 5.38. The fourth-order valence-electron chi connectivity index (χ4n) is 3.49. The Bertz CT molecular complexity index is 750. The highest BCUT2D eigenvalue weighted by atomic mass is 16.5. The molecule has 1 fully saturated rings. The SMILES string of the molecule is CC[NH+]1CCN(c2ccc(NC(=O)c3cccc(C)c3OC)cc2)CC1. The van der Waals surface area contributed by atoms with Gasteiger partial charge in [-0.1, -0.05) is 12.1 Å². The summed E-state index contributed by atoms with van der Waals surface area (Å²) in [7, 11) is 1.59. The number of methoxy groups -OCH3 is 1. The van der Waals surface area contributed by atoms with Gasteiger partial charge in [0.1, 0.15) is 5.75 Å². The second-order valence-electron chi connectivity index (χ2n) is 6.75. The Kier molecular flexibility index (Phi) is 5.78. The molecule has 26 heavy (non-hydrogen) atoms. The smallest absolute Gasteiger partial charge is 0.259 e. The zero-order valence-corrected chi connectivity index (χ0v) is 15.8. The van der Waals surface area contributed by atoms with E-state index in [1.54, 1.807) is 18.1 Å². The number of anilines is 2. The summed E-state index contributed by atoms with van der Waals surface area (Å²) in [6.07, 6.45) is 0. The lowest BCUT2D eigenvalue weighted by Crippen LogP contribution is -3.14.